The predicted octanol–water partition coefficient (Wildman–Crippen LogP) is -0.529. The van der Waals surface area contributed by atoms with Gasteiger partial charge in [0, 0.05) is 33.7 Å². The summed E-state index contributed by atoms with van der Waals surface area (Å²) in [6, 6.07) is 0.703. The SMILES string of the molecule is CO[Si](CC[N+](C)(C)CCCC(=O)[O-])(OC)OC. The molecule has 0 aliphatic rings. The molecular formula is C11H25NO5Si. The summed E-state index contributed by atoms with van der Waals surface area (Å²) in [6.45, 7) is 1.59. The van der Waals surface area contributed by atoms with Crippen LogP contribution >= 0.6 is 0 Å². The van der Waals surface area contributed by atoms with Crippen molar-refractivity contribution in [3.8, 4) is 0 Å². The number of hydrogen-bond donors (Lipinski definition) is 0. The fraction of sp³-hybridized carbons (Fsp3) is 0.909. The molecule has 0 aromatic rings. The summed E-state index contributed by atoms with van der Waals surface area (Å²) < 4.78 is 16.8. The van der Waals surface area contributed by atoms with Gasteiger partial charge in [-0.2, -0.15) is 0 Å². The minimum atomic E-state index is -2.53. The zero-order valence-electron chi connectivity index (χ0n) is 12.0. The number of aliphatic carboxylic acids is 1. The average Bonchev–Trinajstić information content (AvgIpc) is 2.31. The molecule has 18 heavy (non-hydrogen) atoms. The van der Waals surface area contributed by atoms with Crippen LogP contribution in [0.4, 0.5) is 0 Å². The van der Waals surface area contributed by atoms with Gasteiger partial charge in [-0.05, 0) is 6.42 Å². The Balaban J connectivity index is 4.19. The lowest BCUT2D eigenvalue weighted by Gasteiger charge is -2.33. The van der Waals surface area contributed by atoms with Gasteiger partial charge in [-0.3, -0.25) is 0 Å². The topological polar surface area (TPSA) is 67.8 Å². The molecule has 0 rings (SSSR count). The van der Waals surface area contributed by atoms with Crippen LogP contribution in [0.2, 0.25) is 6.04 Å². The van der Waals surface area contributed by atoms with Gasteiger partial charge in [-0.1, -0.05) is 0 Å². The van der Waals surface area contributed by atoms with E-state index in [0.29, 0.717) is 16.9 Å². The third kappa shape index (κ3) is 6.46. The molecule has 0 aromatic carbocycles. The number of quaternary nitrogens is 1. The maximum Gasteiger partial charge on any atom is 0.505 e. The van der Waals surface area contributed by atoms with Crippen LogP contribution in [0.1, 0.15) is 12.8 Å². The van der Waals surface area contributed by atoms with Crippen molar-refractivity contribution in [1.29, 1.82) is 0 Å². The molecule has 0 aromatic heterocycles. The molecule has 0 atom stereocenters. The Labute approximate surface area is 110 Å². The lowest BCUT2D eigenvalue weighted by molar-refractivity contribution is -0.888. The van der Waals surface area contributed by atoms with E-state index >= 15 is 0 Å². The lowest BCUT2D eigenvalue weighted by atomic mass is 10.3. The van der Waals surface area contributed by atoms with Gasteiger partial charge in [0.05, 0.1) is 33.2 Å². The summed E-state index contributed by atoms with van der Waals surface area (Å²) in [5.74, 6) is -0.996. The summed E-state index contributed by atoms with van der Waals surface area (Å²) >= 11 is 0. The van der Waals surface area contributed by atoms with Crippen LogP contribution in [-0.2, 0) is 18.1 Å². The molecule has 7 heteroatoms. The van der Waals surface area contributed by atoms with Crippen molar-refractivity contribution in [2.24, 2.45) is 0 Å². The highest BCUT2D eigenvalue weighted by molar-refractivity contribution is 6.60. The van der Waals surface area contributed by atoms with Gasteiger partial charge in [0.25, 0.3) is 0 Å². The maximum atomic E-state index is 10.4. The molecule has 6 nitrogen and oxygen atoms in total. The van der Waals surface area contributed by atoms with E-state index in [-0.39, 0.29) is 6.42 Å². The van der Waals surface area contributed by atoms with E-state index in [4.69, 9.17) is 13.3 Å². The lowest BCUT2D eigenvalue weighted by Crippen LogP contribution is -2.50. The smallest absolute Gasteiger partial charge is 0.505 e. The second kappa shape index (κ2) is 7.85. The van der Waals surface area contributed by atoms with Crippen LogP contribution in [-0.4, -0.2) is 67.8 Å². The van der Waals surface area contributed by atoms with Gasteiger partial charge in [0.1, 0.15) is 0 Å². The Bertz CT molecular complexity index is 248. The molecule has 0 amide bonds. The van der Waals surface area contributed by atoms with E-state index in [0.717, 1.165) is 13.1 Å². The van der Waals surface area contributed by atoms with E-state index in [1.807, 2.05) is 0 Å². The first-order valence-corrected chi connectivity index (χ1v) is 7.91. The van der Waals surface area contributed by atoms with Crippen LogP contribution in [0.3, 0.4) is 0 Å². The Morgan fingerprint density at radius 2 is 1.61 bits per heavy atom. The Morgan fingerprint density at radius 1 is 1.11 bits per heavy atom. The van der Waals surface area contributed by atoms with Crippen LogP contribution in [0.15, 0.2) is 0 Å². The van der Waals surface area contributed by atoms with Gasteiger partial charge in [0.2, 0.25) is 0 Å². The van der Waals surface area contributed by atoms with Crippen LogP contribution in [0.25, 0.3) is 0 Å². The van der Waals surface area contributed by atoms with E-state index < -0.39 is 14.8 Å². The molecule has 0 fully saturated rings. The minimum absolute atomic E-state index is 0.100. The summed E-state index contributed by atoms with van der Waals surface area (Å²) in [5, 5.41) is 10.4. The highest BCUT2D eigenvalue weighted by Crippen LogP contribution is 2.15. The van der Waals surface area contributed by atoms with E-state index in [1.54, 1.807) is 21.3 Å². The largest absolute Gasteiger partial charge is 0.550 e. The molecule has 0 bridgehead atoms. The molecular weight excluding hydrogens is 254 g/mol. The molecule has 0 N–H and O–H groups in total. The number of carboxylic acids is 1. The third-order valence-corrected chi connectivity index (χ3v) is 5.80. The molecule has 0 saturated heterocycles. The van der Waals surface area contributed by atoms with Crippen molar-refractivity contribution in [2.45, 2.75) is 18.9 Å². The van der Waals surface area contributed by atoms with Crippen molar-refractivity contribution in [3.63, 3.8) is 0 Å². The van der Waals surface area contributed by atoms with Crippen LogP contribution in [0, 0.1) is 0 Å². The van der Waals surface area contributed by atoms with E-state index in [1.165, 1.54) is 0 Å². The van der Waals surface area contributed by atoms with Crippen molar-refractivity contribution in [3.05, 3.63) is 0 Å². The van der Waals surface area contributed by atoms with Crippen LogP contribution in [0.5, 0.6) is 0 Å². The molecule has 0 unspecified atom stereocenters. The highest BCUT2D eigenvalue weighted by Gasteiger charge is 2.39. The van der Waals surface area contributed by atoms with Crippen molar-refractivity contribution in [1.82, 2.24) is 0 Å². The van der Waals surface area contributed by atoms with Crippen LogP contribution < -0.4 is 5.11 Å². The molecule has 0 aliphatic heterocycles. The average molecular weight is 279 g/mol. The van der Waals surface area contributed by atoms with Gasteiger partial charge in [-0.25, -0.2) is 0 Å². The zero-order chi connectivity index (χ0) is 14.2. The first kappa shape index (κ1) is 17.5. The summed E-state index contributed by atoms with van der Waals surface area (Å²) in [5.41, 5.74) is 0. The van der Waals surface area contributed by atoms with Gasteiger partial charge < -0.3 is 27.7 Å². The highest BCUT2D eigenvalue weighted by atomic mass is 28.4. The summed E-state index contributed by atoms with van der Waals surface area (Å²) in [6.07, 6.45) is 0.708. The molecule has 108 valence electrons. The Hall–Kier alpha value is -0.473. The fourth-order valence-electron chi connectivity index (χ4n) is 1.76. The maximum absolute atomic E-state index is 10.4. The zero-order valence-corrected chi connectivity index (χ0v) is 13.0. The molecule has 0 heterocycles. The van der Waals surface area contributed by atoms with Gasteiger partial charge in [0.15, 0.2) is 0 Å². The third-order valence-electron chi connectivity index (χ3n) is 3.10. The van der Waals surface area contributed by atoms with Gasteiger partial charge in [-0.15, -0.1) is 0 Å². The van der Waals surface area contributed by atoms with Crippen molar-refractivity contribution in [2.75, 3.05) is 48.5 Å². The number of hydrogen-bond acceptors (Lipinski definition) is 5. The predicted molar refractivity (Wildman–Crippen MR) is 67.7 cm³/mol. The standard InChI is InChI=1S/C11H25NO5Si/c1-12(2,8-6-7-11(13)14)9-10-18(15-3,16-4)17-5/h6-10H2,1-5H3. The Kier molecular flexibility index (Phi) is 7.65. The monoisotopic (exact) mass is 279 g/mol. The fourth-order valence-corrected chi connectivity index (χ4v) is 3.75. The molecule has 0 radical (unpaired) electrons. The van der Waals surface area contributed by atoms with E-state index in [2.05, 4.69) is 14.1 Å². The second-order valence-electron chi connectivity index (χ2n) is 4.90. The minimum Gasteiger partial charge on any atom is -0.550 e. The Morgan fingerprint density at radius 3 is 2.00 bits per heavy atom. The molecule has 0 spiro atoms. The van der Waals surface area contributed by atoms with Crippen molar-refractivity contribution < 1.29 is 27.7 Å². The first-order chi connectivity index (χ1) is 8.31. The number of carbonyl (C=O) groups is 1. The summed E-state index contributed by atoms with van der Waals surface area (Å²) in [7, 11) is 6.35. The quantitative estimate of drug-likeness (QED) is 0.397. The van der Waals surface area contributed by atoms with Gasteiger partial charge >= 0.3 is 8.80 Å². The van der Waals surface area contributed by atoms with E-state index in [9.17, 15) is 9.90 Å². The first-order valence-electron chi connectivity index (χ1n) is 5.98. The molecule has 0 saturated carbocycles. The number of rotatable bonds is 10. The summed E-state index contributed by atoms with van der Waals surface area (Å²) in [4.78, 5) is 10.4. The molecule has 0 aliphatic carbocycles. The second-order valence-corrected chi connectivity index (χ2v) is 7.99. The normalized spacial score (nSPS) is 12.7. The number of carbonyl (C=O) groups excluding carboxylic acids is 1. The van der Waals surface area contributed by atoms with Crippen molar-refractivity contribution >= 4 is 14.8 Å². The number of carboxylic acid groups (broad SMARTS) is 1. The number of nitrogens with zero attached hydrogens (tertiary/aromatic N) is 1.